The Balaban J connectivity index is 1.28. The lowest BCUT2D eigenvalue weighted by molar-refractivity contribution is -0.149. The van der Waals surface area contributed by atoms with Gasteiger partial charge in [0.2, 0.25) is 0 Å². The van der Waals surface area contributed by atoms with Crippen LogP contribution in [-0.2, 0) is 9.53 Å². The minimum absolute atomic E-state index is 0.00836. The van der Waals surface area contributed by atoms with E-state index < -0.39 is 0 Å². The number of aromatic nitrogens is 5. The first-order valence-electron chi connectivity index (χ1n) is 13.7. The Morgan fingerprint density at radius 1 is 1.16 bits per heavy atom. The van der Waals surface area contributed by atoms with E-state index in [4.69, 9.17) is 4.74 Å². The van der Waals surface area contributed by atoms with Crippen molar-refractivity contribution < 1.29 is 14.3 Å². The molecule has 1 amide bonds. The summed E-state index contributed by atoms with van der Waals surface area (Å²) in [7, 11) is 1.69. The molecule has 2 saturated carbocycles. The molecule has 0 saturated heterocycles. The highest BCUT2D eigenvalue weighted by atomic mass is 16.5. The summed E-state index contributed by atoms with van der Waals surface area (Å²) in [5.41, 5.74) is 2.02. The van der Waals surface area contributed by atoms with Gasteiger partial charge < -0.3 is 9.64 Å². The lowest BCUT2D eigenvalue weighted by atomic mass is 9.89. The van der Waals surface area contributed by atoms with Gasteiger partial charge in [-0.15, -0.1) is 0 Å². The molecule has 2 fully saturated rings. The lowest BCUT2D eigenvalue weighted by Crippen LogP contribution is -2.34. The molecule has 200 valence electrons. The second kappa shape index (κ2) is 11.8. The van der Waals surface area contributed by atoms with Crippen LogP contribution >= 0.6 is 0 Å². The number of hydrogen-bond donors (Lipinski definition) is 0. The number of hydrogen-bond acceptors (Lipinski definition) is 7. The smallest absolute Gasteiger partial charge is 0.329 e. The molecule has 0 bridgehead atoms. The van der Waals surface area contributed by atoms with Crippen LogP contribution in [-0.4, -0.2) is 61.4 Å². The second-order valence-electron chi connectivity index (χ2n) is 10.5. The van der Waals surface area contributed by atoms with E-state index in [1.165, 1.54) is 35.1 Å². The molecule has 0 N–H and O–H groups in total. The van der Waals surface area contributed by atoms with Gasteiger partial charge in [0.25, 0.3) is 0 Å². The van der Waals surface area contributed by atoms with Crippen LogP contribution in [0.15, 0.2) is 31.0 Å². The molecule has 3 aromatic rings. The Morgan fingerprint density at radius 3 is 2.68 bits per heavy atom. The average Bonchev–Trinajstić information content (AvgIpc) is 3.73. The zero-order valence-corrected chi connectivity index (χ0v) is 22.0. The van der Waals surface area contributed by atoms with Gasteiger partial charge in [-0.05, 0) is 37.7 Å². The van der Waals surface area contributed by atoms with Crippen molar-refractivity contribution in [1.29, 1.82) is 5.26 Å². The molecule has 0 unspecified atom stereocenters. The summed E-state index contributed by atoms with van der Waals surface area (Å²) < 4.78 is 8.86. The van der Waals surface area contributed by atoms with Gasteiger partial charge in [-0.1, -0.05) is 32.1 Å². The Hall–Kier alpha value is -3.74. The van der Waals surface area contributed by atoms with E-state index in [0.717, 1.165) is 49.5 Å². The quantitative estimate of drug-likeness (QED) is 0.387. The van der Waals surface area contributed by atoms with E-state index in [1.807, 2.05) is 16.9 Å². The van der Waals surface area contributed by atoms with Crippen molar-refractivity contribution in [3.8, 4) is 17.3 Å². The molecule has 0 spiro atoms. The van der Waals surface area contributed by atoms with E-state index in [2.05, 4.69) is 21.1 Å². The lowest BCUT2D eigenvalue weighted by Gasteiger charge is -2.21. The molecule has 2 aliphatic carbocycles. The van der Waals surface area contributed by atoms with Gasteiger partial charge in [0.1, 0.15) is 12.9 Å². The maximum absolute atomic E-state index is 13.2. The zero-order valence-electron chi connectivity index (χ0n) is 22.0. The molecule has 10 heteroatoms. The van der Waals surface area contributed by atoms with Crippen LogP contribution in [0.3, 0.4) is 0 Å². The Labute approximate surface area is 222 Å². The van der Waals surface area contributed by atoms with Crippen LogP contribution in [0.1, 0.15) is 70.3 Å². The molecule has 0 radical (unpaired) electrons. The summed E-state index contributed by atoms with van der Waals surface area (Å²) in [4.78, 5) is 35.9. The summed E-state index contributed by atoms with van der Waals surface area (Å²) >= 11 is 0. The van der Waals surface area contributed by atoms with Crippen molar-refractivity contribution in [2.75, 3.05) is 20.2 Å². The number of carbonyl (C=O) groups is 2. The number of fused-ring (bicyclic) bond motifs is 1. The van der Waals surface area contributed by atoms with Gasteiger partial charge in [0, 0.05) is 30.4 Å². The van der Waals surface area contributed by atoms with Crippen LogP contribution in [0.2, 0.25) is 0 Å². The summed E-state index contributed by atoms with van der Waals surface area (Å²) in [6.45, 7) is 0.462. The third-order valence-corrected chi connectivity index (χ3v) is 8.08. The molecule has 0 aliphatic heterocycles. The number of ether oxygens (including phenoxy) is 1. The molecule has 10 nitrogen and oxygen atoms in total. The topological polar surface area (TPSA) is 119 Å². The van der Waals surface area contributed by atoms with Crippen molar-refractivity contribution in [2.45, 2.75) is 70.3 Å². The van der Waals surface area contributed by atoms with Crippen molar-refractivity contribution in [1.82, 2.24) is 29.2 Å². The van der Waals surface area contributed by atoms with E-state index in [1.54, 1.807) is 19.4 Å². The van der Waals surface area contributed by atoms with Crippen LogP contribution in [0.5, 0.6) is 0 Å². The van der Waals surface area contributed by atoms with Crippen LogP contribution < -0.4 is 0 Å². The number of rotatable bonds is 8. The van der Waals surface area contributed by atoms with Gasteiger partial charge in [-0.3, -0.25) is 14.0 Å². The minimum atomic E-state index is -0.260. The van der Waals surface area contributed by atoms with Crippen LogP contribution in [0, 0.1) is 23.2 Å². The molecule has 3 aromatic heterocycles. The first kappa shape index (κ1) is 25.9. The van der Waals surface area contributed by atoms with E-state index in [-0.39, 0.29) is 30.6 Å². The second-order valence-corrected chi connectivity index (χ2v) is 10.5. The Bertz CT molecular complexity index is 1310. The molecule has 1 atom stereocenters. The normalized spacial score (nSPS) is 17.4. The summed E-state index contributed by atoms with van der Waals surface area (Å²) in [6.07, 6.45) is 17.1. The summed E-state index contributed by atoms with van der Waals surface area (Å²) in [6, 6.07) is 3.96. The predicted molar refractivity (Wildman–Crippen MR) is 141 cm³/mol. The molecule has 38 heavy (non-hydrogen) atoms. The van der Waals surface area contributed by atoms with Gasteiger partial charge in [0.05, 0.1) is 42.9 Å². The van der Waals surface area contributed by atoms with E-state index in [0.29, 0.717) is 30.2 Å². The highest BCUT2D eigenvalue weighted by Crippen LogP contribution is 2.37. The maximum atomic E-state index is 13.2. The number of nitrogens with zero attached hydrogens (tertiary/aromatic N) is 7. The van der Waals surface area contributed by atoms with Crippen molar-refractivity contribution >= 4 is 23.0 Å². The molecule has 0 aromatic carbocycles. The monoisotopic (exact) mass is 517 g/mol. The first-order chi connectivity index (χ1) is 18.6. The van der Waals surface area contributed by atoms with Crippen molar-refractivity contribution in [3.63, 3.8) is 0 Å². The Morgan fingerprint density at radius 2 is 1.92 bits per heavy atom. The van der Waals surface area contributed by atoms with Crippen LogP contribution in [0.4, 0.5) is 4.79 Å². The fraction of sp³-hybridized carbons (Fsp3) is 0.571. The van der Waals surface area contributed by atoms with E-state index >= 15 is 0 Å². The van der Waals surface area contributed by atoms with Crippen molar-refractivity contribution in [2.24, 2.45) is 11.8 Å². The largest absolute Gasteiger partial charge is 0.464 e. The SMILES string of the molecule is CN(CCOC(=O)C1CCCCC1)C(=O)n1ccc2c(-c3cnn([C@@H](CC#N)C4CCCC4)c3)ncnc21. The number of likely N-dealkylation sites (N-methyl/N-ethyl adjacent to an activating group) is 1. The fourth-order valence-corrected chi connectivity index (χ4v) is 5.91. The summed E-state index contributed by atoms with van der Waals surface area (Å²) in [5, 5.41) is 14.7. The van der Waals surface area contributed by atoms with Gasteiger partial charge in [-0.2, -0.15) is 10.4 Å². The molecule has 5 rings (SSSR count). The number of carbonyl (C=O) groups excluding carboxylic acids is 2. The number of esters is 1. The van der Waals surface area contributed by atoms with Crippen LogP contribution in [0.25, 0.3) is 22.3 Å². The molecule has 2 aliphatic rings. The molecular formula is C28H35N7O3. The highest BCUT2D eigenvalue weighted by molar-refractivity contribution is 5.96. The van der Waals surface area contributed by atoms with Crippen molar-refractivity contribution in [3.05, 3.63) is 31.0 Å². The predicted octanol–water partition coefficient (Wildman–Crippen LogP) is 4.96. The maximum Gasteiger partial charge on any atom is 0.329 e. The minimum Gasteiger partial charge on any atom is -0.464 e. The van der Waals surface area contributed by atoms with Gasteiger partial charge in [0.15, 0.2) is 5.65 Å². The summed E-state index contributed by atoms with van der Waals surface area (Å²) in [5.74, 6) is 0.301. The average molecular weight is 518 g/mol. The molecule has 3 heterocycles. The third kappa shape index (κ3) is 5.42. The highest BCUT2D eigenvalue weighted by Gasteiger charge is 2.28. The standard InChI is InChI=1S/C28H35N7O3/c1-33(15-16-38-27(36)21-9-3-2-4-10-21)28(37)34-14-12-23-25(30-19-31-26(23)34)22-17-32-35(18-22)24(11-13-29)20-7-5-6-8-20/h12,14,17-21,24H,2-11,15-16H2,1H3/t24-/m0/s1. The Kier molecular flexibility index (Phi) is 8.01. The molecular weight excluding hydrogens is 482 g/mol. The van der Waals surface area contributed by atoms with E-state index in [9.17, 15) is 14.9 Å². The zero-order chi connectivity index (χ0) is 26.5. The fourth-order valence-electron chi connectivity index (χ4n) is 5.91. The third-order valence-electron chi connectivity index (χ3n) is 8.08. The number of nitriles is 1. The van der Waals surface area contributed by atoms with Gasteiger partial charge in [-0.25, -0.2) is 14.8 Å². The number of amides is 1. The van der Waals surface area contributed by atoms with Gasteiger partial charge >= 0.3 is 12.0 Å². The first-order valence-corrected chi connectivity index (χ1v) is 13.7.